The van der Waals surface area contributed by atoms with Crippen molar-refractivity contribution in [2.45, 2.75) is 51.4 Å². The lowest BCUT2D eigenvalue weighted by Gasteiger charge is -2.27. The fourth-order valence-electron chi connectivity index (χ4n) is 2.72. The molecule has 21 heavy (non-hydrogen) atoms. The van der Waals surface area contributed by atoms with Gasteiger partial charge in [-0.3, -0.25) is 4.79 Å². The minimum absolute atomic E-state index is 0.138. The summed E-state index contributed by atoms with van der Waals surface area (Å²) < 4.78 is 5.93. The maximum Gasteiger partial charge on any atom is 0.354 e. The summed E-state index contributed by atoms with van der Waals surface area (Å²) in [6, 6.07) is 2.63. The van der Waals surface area contributed by atoms with Gasteiger partial charge in [0.1, 0.15) is 5.69 Å². The van der Waals surface area contributed by atoms with Crippen LogP contribution in [0.2, 0.25) is 0 Å². The molecule has 6 heteroatoms. The Labute approximate surface area is 123 Å². The topological polar surface area (TPSA) is 88.5 Å². The number of hydrogen-bond donors (Lipinski definition) is 2. The van der Waals surface area contributed by atoms with Crippen LogP contribution in [0.1, 0.15) is 55.0 Å². The third-order valence-electron chi connectivity index (χ3n) is 3.62. The summed E-state index contributed by atoms with van der Waals surface area (Å²) in [6.45, 7) is 7.83. The molecule has 1 fully saturated rings. The van der Waals surface area contributed by atoms with Crippen LogP contribution in [0.3, 0.4) is 0 Å². The standard InChI is InChI=1S/C15H20N2O4/c1-14(2)8-11(15(3,4)21-14)17-12(18)9-5-6-16-10(7-9)13(19)20/h5-7,11H,8H2,1-4H3,(H,17,18)(H,19,20). The highest BCUT2D eigenvalue weighted by Gasteiger charge is 2.46. The highest BCUT2D eigenvalue weighted by molar-refractivity contribution is 5.96. The van der Waals surface area contributed by atoms with E-state index in [2.05, 4.69) is 10.3 Å². The van der Waals surface area contributed by atoms with Gasteiger partial charge in [-0.2, -0.15) is 0 Å². The number of carbonyl (C=O) groups excluding carboxylic acids is 1. The van der Waals surface area contributed by atoms with Gasteiger partial charge in [-0.15, -0.1) is 0 Å². The van der Waals surface area contributed by atoms with Crippen LogP contribution >= 0.6 is 0 Å². The first-order chi connectivity index (χ1) is 9.61. The van der Waals surface area contributed by atoms with E-state index in [-0.39, 0.29) is 28.8 Å². The van der Waals surface area contributed by atoms with Gasteiger partial charge in [0.15, 0.2) is 0 Å². The summed E-state index contributed by atoms with van der Waals surface area (Å²) >= 11 is 0. The van der Waals surface area contributed by atoms with E-state index in [1.807, 2.05) is 27.7 Å². The number of ether oxygens (including phenoxy) is 1. The van der Waals surface area contributed by atoms with Crippen LogP contribution < -0.4 is 5.32 Å². The number of aromatic nitrogens is 1. The molecule has 1 aliphatic rings. The van der Waals surface area contributed by atoms with Crippen molar-refractivity contribution < 1.29 is 19.4 Å². The number of carbonyl (C=O) groups is 2. The smallest absolute Gasteiger partial charge is 0.354 e. The van der Waals surface area contributed by atoms with E-state index < -0.39 is 11.6 Å². The number of nitrogens with one attached hydrogen (secondary N) is 1. The van der Waals surface area contributed by atoms with Crippen molar-refractivity contribution in [2.24, 2.45) is 0 Å². The van der Waals surface area contributed by atoms with E-state index in [1.165, 1.54) is 18.3 Å². The zero-order valence-corrected chi connectivity index (χ0v) is 12.6. The molecule has 1 atom stereocenters. The van der Waals surface area contributed by atoms with Crippen molar-refractivity contribution in [2.75, 3.05) is 0 Å². The first kappa shape index (κ1) is 15.4. The van der Waals surface area contributed by atoms with Gasteiger partial charge in [0.2, 0.25) is 0 Å². The normalized spacial score (nSPS) is 22.8. The van der Waals surface area contributed by atoms with Gasteiger partial charge in [0.05, 0.1) is 17.2 Å². The second-order valence-electron chi connectivity index (χ2n) is 6.43. The lowest BCUT2D eigenvalue weighted by Crippen LogP contribution is -2.46. The first-order valence-electron chi connectivity index (χ1n) is 6.81. The van der Waals surface area contributed by atoms with E-state index in [0.717, 1.165) is 0 Å². The Morgan fingerprint density at radius 3 is 2.57 bits per heavy atom. The number of carboxylic acid groups (broad SMARTS) is 1. The largest absolute Gasteiger partial charge is 0.477 e. The molecule has 0 bridgehead atoms. The summed E-state index contributed by atoms with van der Waals surface area (Å²) in [6.07, 6.45) is 2.02. The first-order valence-corrected chi connectivity index (χ1v) is 6.81. The average molecular weight is 292 g/mol. The monoisotopic (exact) mass is 292 g/mol. The predicted molar refractivity (Wildman–Crippen MR) is 76.3 cm³/mol. The number of rotatable bonds is 3. The van der Waals surface area contributed by atoms with E-state index in [0.29, 0.717) is 6.42 Å². The molecule has 0 aliphatic carbocycles. The van der Waals surface area contributed by atoms with Crippen LogP contribution in [-0.2, 0) is 4.74 Å². The predicted octanol–water partition coefficient (Wildman–Crippen LogP) is 1.86. The molecule has 0 aromatic carbocycles. The molecule has 1 aliphatic heterocycles. The fraction of sp³-hybridized carbons (Fsp3) is 0.533. The van der Waals surface area contributed by atoms with Gasteiger partial charge in [-0.25, -0.2) is 9.78 Å². The zero-order chi connectivity index (χ0) is 15.8. The third-order valence-corrected chi connectivity index (χ3v) is 3.62. The molecule has 0 spiro atoms. The van der Waals surface area contributed by atoms with Crippen molar-refractivity contribution in [3.63, 3.8) is 0 Å². The number of hydrogen-bond acceptors (Lipinski definition) is 4. The minimum Gasteiger partial charge on any atom is -0.477 e. The lowest BCUT2D eigenvalue weighted by atomic mass is 9.94. The zero-order valence-electron chi connectivity index (χ0n) is 12.6. The summed E-state index contributed by atoms with van der Waals surface area (Å²) in [7, 11) is 0. The average Bonchev–Trinajstić information content (AvgIpc) is 2.57. The quantitative estimate of drug-likeness (QED) is 0.887. The number of aromatic carboxylic acids is 1. The summed E-state index contributed by atoms with van der Waals surface area (Å²) in [5.74, 6) is -1.48. The van der Waals surface area contributed by atoms with Crippen LogP contribution in [-0.4, -0.2) is 39.2 Å². The second-order valence-corrected chi connectivity index (χ2v) is 6.43. The summed E-state index contributed by atoms with van der Waals surface area (Å²) in [5, 5.41) is 11.8. The lowest BCUT2D eigenvalue weighted by molar-refractivity contribution is -0.0693. The Balaban J connectivity index is 2.15. The van der Waals surface area contributed by atoms with Crippen LogP contribution in [0, 0.1) is 0 Å². The molecular formula is C15H20N2O4. The third kappa shape index (κ3) is 3.39. The van der Waals surface area contributed by atoms with Gasteiger partial charge < -0.3 is 15.2 Å². The molecule has 2 heterocycles. The van der Waals surface area contributed by atoms with E-state index in [4.69, 9.17) is 9.84 Å². The van der Waals surface area contributed by atoms with Gasteiger partial charge in [-0.05, 0) is 46.2 Å². The highest BCUT2D eigenvalue weighted by Crippen LogP contribution is 2.37. The van der Waals surface area contributed by atoms with E-state index in [1.54, 1.807) is 0 Å². The summed E-state index contributed by atoms with van der Waals surface area (Å²) in [4.78, 5) is 26.9. The number of amides is 1. The van der Waals surface area contributed by atoms with Crippen LogP contribution in [0.5, 0.6) is 0 Å². The van der Waals surface area contributed by atoms with Crippen molar-refractivity contribution in [3.8, 4) is 0 Å². The van der Waals surface area contributed by atoms with Gasteiger partial charge in [-0.1, -0.05) is 0 Å². The molecule has 1 unspecified atom stereocenters. The minimum atomic E-state index is -1.16. The Hall–Kier alpha value is -1.95. The van der Waals surface area contributed by atoms with Crippen LogP contribution in [0.15, 0.2) is 18.3 Å². The molecule has 1 aromatic rings. The maximum atomic E-state index is 12.3. The maximum absolute atomic E-state index is 12.3. The number of nitrogens with zero attached hydrogens (tertiary/aromatic N) is 1. The van der Waals surface area contributed by atoms with Crippen molar-refractivity contribution >= 4 is 11.9 Å². The molecular weight excluding hydrogens is 272 g/mol. The Bertz CT molecular complexity index is 581. The molecule has 1 saturated heterocycles. The highest BCUT2D eigenvalue weighted by atomic mass is 16.5. The Morgan fingerprint density at radius 2 is 2.05 bits per heavy atom. The van der Waals surface area contributed by atoms with Gasteiger partial charge >= 0.3 is 5.97 Å². The molecule has 1 amide bonds. The Kier molecular flexibility index (Phi) is 3.76. The SMILES string of the molecule is CC1(C)CC(NC(=O)c2ccnc(C(=O)O)c2)C(C)(C)O1. The number of pyridine rings is 1. The molecule has 114 valence electrons. The van der Waals surface area contributed by atoms with Crippen molar-refractivity contribution in [3.05, 3.63) is 29.6 Å². The molecule has 2 N–H and O–H groups in total. The summed E-state index contributed by atoms with van der Waals surface area (Å²) in [5.41, 5.74) is -0.638. The van der Waals surface area contributed by atoms with E-state index in [9.17, 15) is 9.59 Å². The Morgan fingerprint density at radius 1 is 1.38 bits per heavy atom. The molecule has 0 saturated carbocycles. The van der Waals surface area contributed by atoms with Crippen LogP contribution in [0.4, 0.5) is 0 Å². The second kappa shape index (κ2) is 5.11. The number of carboxylic acids is 1. The molecule has 6 nitrogen and oxygen atoms in total. The van der Waals surface area contributed by atoms with Gasteiger partial charge in [0.25, 0.3) is 5.91 Å². The molecule has 2 rings (SSSR count). The van der Waals surface area contributed by atoms with E-state index >= 15 is 0 Å². The molecule has 1 aromatic heterocycles. The van der Waals surface area contributed by atoms with Crippen molar-refractivity contribution in [1.29, 1.82) is 0 Å². The van der Waals surface area contributed by atoms with Crippen LogP contribution in [0.25, 0.3) is 0 Å². The van der Waals surface area contributed by atoms with Crippen molar-refractivity contribution in [1.82, 2.24) is 10.3 Å². The molecule has 0 radical (unpaired) electrons. The van der Waals surface area contributed by atoms with Gasteiger partial charge in [0, 0.05) is 11.8 Å². The fourth-order valence-corrected chi connectivity index (χ4v) is 2.72.